The number of benzene rings is 1. The second-order valence-electron chi connectivity index (χ2n) is 5.60. The van der Waals surface area contributed by atoms with Crippen LogP contribution >= 0.6 is 11.3 Å². The summed E-state index contributed by atoms with van der Waals surface area (Å²) in [5, 5.41) is 6.16. The van der Waals surface area contributed by atoms with Gasteiger partial charge in [-0.25, -0.2) is 13.1 Å². The maximum atomic E-state index is 12.6. The topological polar surface area (TPSA) is 116 Å². The summed E-state index contributed by atoms with van der Waals surface area (Å²) >= 11 is 1.54. The van der Waals surface area contributed by atoms with E-state index < -0.39 is 15.9 Å². The highest BCUT2D eigenvalue weighted by Crippen LogP contribution is 2.23. The highest BCUT2D eigenvalue weighted by Gasteiger charge is 2.20. The minimum absolute atomic E-state index is 0.0966. The molecule has 1 aromatic carbocycles. The van der Waals surface area contributed by atoms with Crippen LogP contribution in [0.2, 0.25) is 0 Å². The summed E-state index contributed by atoms with van der Waals surface area (Å²) in [4.78, 5) is 11.8. The van der Waals surface area contributed by atoms with Gasteiger partial charge in [-0.3, -0.25) is 9.48 Å². The van der Waals surface area contributed by atoms with E-state index in [1.54, 1.807) is 23.1 Å². The van der Waals surface area contributed by atoms with Gasteiger partial charge in [0.1, 0.15) is 5.75 Å². The summed E-state index contributed by atoms with van der Waals surface area (Å²) in [7, 11) is -3.72. The first-order chi connectivity index (χ1) is 13.0. The van der Waals surface area contributed by atoms with Gasteiger partial charge < -0.3 is 10.5 Å². The molecule has 0 aliphatic carbocycles. The Morgan fingerprint density at radius 1 is 1.26 bits per heavy atom. The molecule has 0 radical (unpaired) electrons. The molecule has 27 heavy (non-hydrogen) atoms. The van der Waals surface area contributed by atoms with Gasteiger partial charge in [0.15, 0.2) is 6.61 Å². The van der Waals surface area contributed by atoms with Gasteiger partial charge in [0.2, 0.25) is 10.0 Å². The smallest absolute Gasteiger partial charge is 0.255 e. The second kappa shape index (κ2) is 8.33. The number of carbonyl (C=O) groups is 1. The van der Waals surface area contributed by atoms with Gasteiger partial charge in [-0.1, -0.05) is 6.07 Å². The largest absolute Gasteiger partial charge is 0.484 e. The molecule has 0 aliphatic rings. The fourth-order valence-electron chi connectivity index (χ4n) is 2.41. The molecule has 142 valence electrons. The number of sulfonamides is 1. The normalized spacial score (nSPS) is 12.6. The van der Waals surface area contributed by atoms with E-state index in [0.717, 1.165) is 4.88 Å². The zero-order valence-corrected chi connectivity index (χ0v) is 15.8. The monoisotopic (exact) mass is 406 g/mol. The van der Waals surface area contributed by atoms with Crippen molar-refractivity contribution in [2.24, 2.45) is 5.73 Å². The molecule has 0 bridgehead atoms. The maximum absolute atomic E-state index is 12.6. The summed E-state index contributed by atoms with van der Waals surface area (Å²) in [6.45, 7) is -0.110. The van der Waals surface area contributed by atoms with Crippen molar-refractivity contribution in [2.75, 3.05) is 13.2 Å². The van der Waals surface area contributed by atoms with Crippen molar-refractivity contribution in [2.45, 2.75) is 10.9 Å². The summed E-state index contributed by atoms with van der Waals surface area (Å²) in [6.07, 6.45) is 3.45. The van der Waals surface area contributed by atoms with Crippen molar-refractivity contribution >= 4 is 27.3 Å². The minimum atomic E-state index is -3.72. The highest BCUT2D eigenvalue weighted by atomic mass is 32.2. The number of carbonyl (C=O) groups excluding carboxylic acids is 1. The molecule has 1 unspecified atom stereocenters. The summed E-state index contributed by atoms with van der Waals surface area (Å²) in [5.41, 5.74) is 5.01. The maximum Gasteiger partial charge on any atom is 0.255 e. The van der Waals surface area contributed by atoms with Crippen LogP contribution in [0.4, 0.5) is 0 Å². The molecular weight excluding hydrogens is 388 g/mol. The number of thiophene rings is 1. The lowest BCUT2D eigenvalue weighted by molar-refractivity contribution is -0.119. The Morgan fingerprint density at radius 2 is 2.04 bits per heavy atom. The Labute approximate surface area is 160 Å². The summed E-state index contributed by atoms with van der Waals surface area (Å²) in [5.74, 6) is -0.243. The van der Waals surface area contributed by atoms with E-state index in [4.69, 9.17) is 10.5 Å². The molecule has 0 fully saturated rings. The molecular formula is C17H18N4O4S2. The fourth-order valence-corrected chi connectivity index (χ4v) is 4.27. The first-order valence-electron chi connectivity index (χ1n) is 7.99. The lowest BCUT2D eigenvalue weighted by Gasteiger charge is -2.17. The van der Waals surface area contributed by atoms with E-state index in [1.807, 2.05) is 17.5 Å². The molecule has 2 heterocycles. The standard InChI is InChI=1S/C17H18N4O4S2/c18-17(22)12-25-13-4-6-14(7-5-13)27(23,24)20-11-15(16-3-1-10-26-16)21-9-2-8-19-21/h1-10,15,20H,11-12H2,(H2,18,22). The molecule has 0 spiro atoms. The molecule has 2 aromatic heterocycles. The molecule has 3 aromatic rings. The third kappa shape index (κ3) is 4.94. The van der Waals surface area contributed by atoms with E-state index in [1.165, 1.54) is 35.6 Å². The van der Waals surface area contributed by atoms with Crippen LogP contribution in [0, 0.1) is 0 Å². The Morgan fingerprint density at radius 3 is 2.63 bits per heavy atom. The zero-order chi connectivity index (χ0) is 19.3. The molecule has 3 rings (SSSR count). The van der Waals surface area contributed by atoms with Crippen LogP contribution in [0.5, 0.6) is 5.75 Å². The van der Waals surface area contributed by atoms with Crippen molar-refractivity contribution in [1.29, 1.82) is 0 Å². The average molecular weight is 406 g/mol. The Kier molecular flexibility index (Phi) is 5.89. The SMILES string of the molecule is NC(=O)COc1ccc(S(=O)(=O)NCC(c2cccs2)n2cccn2)cc1. The quantitative estimate of drug-likeness (QED) is 0.557. The molecule has 3 N–H and O–H groups in total. The fraction of sp³-hybridized carbons (Fsp3) is 0.176. The van der Waals surface area contributed by atoms with Crippen molar-refractivity contribution in [3.8, 4) is 5.75 Å². The Balaban J connectivity index is 1.71. The number of amides is 1. The lowest BCUT2D eigenvalue weighted by Crippen LogP contribution is -2.31. The number of hydrogen-bond donors (Lipinski definition) is 2. The van der Waals surface area contributed by atoms with E-state index in [-0.39, 0.29) is 24.1 Å². The van der Waals surface area contributed by atoms with Gasteiger partial charge in [0.05, 0.1) is 10.9 Å². The number of hydrogen-bond acceptors (Lipinski definition) is 6. The van der Waals surface area contributed by atoms with Crippen LogP contribution in [-0.4, -0.2) is 37.3 Å². The Hall–Kier alpha value is -2.69. The number of aromatic nitrogens is 2. The summed E-state index contributed by atoms with van der Waals surface area (Å²) in [6, 6.07) is 11.2. The molecule has 0 aliphatic heterocycles. The van der Waals surface area contributed by atoms with E-state index in [2.05, 4.69) is 9.82 Å². The predicted octanol–water partition coefficient (Wildman–Crippen LogP) is 1.38. The Bertz CT molecular complexity index is 934. The average Bonchev–Trinajstić information content (AvgIpc) is 3.35. The van der Waals surface area contributed by atoms with Crippen molar-refractivity contribution < 1.29 is 17.9 Å². The molecule has 1 amide bonds. The van der Waals surface area contributed by atoms with Gasteiger partial charge in [-0.05, 0) is 41.8 Å². The van der Waals surface area contributed by atoms with Crippen LogP contribution in [0.25, 0.3) is 0 Å². The first kappa shape index (κ1) is 19.1. The van der Waals surface area contributed by atoms with Gasteiger partial charge in [0, 0.05) is 23.8 Å². The van der Waals surface area contributed by atoms with Crippen molar-refractivity contribution in [3.05, 3.63) is 65.1 Å². The van der Waals surface area contributed by atoms with Gasteiger partial charge in [-0.15, -0.1) is 11.3 Å². The van der Waals surface area contributed by atoms with Crippen LogP contribution in [0.3, 0.4) is 0 Å². The molecule has 0 saturated carbocycles. The molecule has 0 saturated heterocycles. The van der Waals surface area contributed by atoms with E-state index in [9.17, 15) is 13.2 Å². The zero-order valence-electron chi connectivity index (χ0n) is 14.2. The molecule has 8 nitrogen and oxygen atoms in total. The van der Waals surface area contributed by atoms with Crippen LogP contribution in [0.1, 0.15) is 10.9 Å². The number of ether oxygens (including phenoxy) is 1. The minimum Gasteiger partial charge on any atom is -0.484 e. The molecule has 10 heteroatoms. The molecule has 1 atom stereocenters. The van der Waals surface area contributed by atoms with Crippen LogP contribution < -0.4 is 15.2 Å². The van der Waals surface area contributed by atoms with Crippen molar-refractivity contribution in [1.82, 2.24) is 14.5 Å². The van der Waals surface area contributed by atoms with Gasteiger partial charge in [0.25, 0.3) is 5.91 Å². The third-order valence-electron chi connectivity index (χ3n) is 3.70. The predicted molar refractivity (Wildman–Crippen MR) is 101 cm³/mol. The van der Waals surface area contributed by atoms with Gasteiger partial charge in [-0.2, -0.15) is 5.10 Å². The van der Waals surface area contributed by atoms with Crippen molar-refractivity contribution in [3.63, 3.8) is 0 Å². The van der Waals surface area contributed by atoms with E-state index in [0.29, 0.717) is 5.75 Å². The third-order valence-corrected chi connectivity index (χ3v) is 6.11. The van der Waals surface area contributed by atoms with Crippen LogP contribution in [0.15, 0.2) is 65.1 Å². The summed E-state index contributed by atoms with van der Waals surface area (Å²) < 4.78 is 34.7. The first-order valence-corrected chi connectivity index (χ1v) is 10.4. The second-order valence-corrected chi connectivity index (χ2v) is 8.34. The number of nitrogens with two attached hydrogens (primary N) is 1. The number of nitrogens with zero attached hydrogens (tertiary/aromatic N) is 2. The number of nitrogens with one attached hydrogen (secondary N) is 1. The highest BCUT2D eigenvalue weighted by molar-refractivity contribution is 7.89. The number of primary amides is 1. The van der Waals surface area contributed by atoms with Gasteiger partial charge >= 0.3 is 0 Å². The lowest BCUT2D eigenvalue weighted by atomic mass is 10.2. The van der Waals surface area contributed by atoms with E-state index >= 15 is 0 Å². The van der Waals surface area contributed by atoms with Crippen LogP contribution in [-0.2, 0) is 14.8 Å². The number of rotatable bonds is 9.